The van der Waals surface area contributed by atoms with Crippen molar-refractivity contribution < 1.29 is 14.3 Å². The van der Waals surface area contributed by atoms with Crippen LogP contribution in [0, 0.1) is 0 Å². The second kappa shape index (κ2) is 6.62. The lowest BCUT2D eigenvalue weighted by molar-refractivity contribution is 0.00400. The molecule has 8 heteroatoms. The Morgan fingerprint density at radius 1 is 1.50 bits per heavy atom. The summed E-state index contributed by atoms with van der Waals surface area (Å²) >= 11 is 0. The maximum absolute atomic E-state index is 12.7. The van der Waals surface area contributed by atoms with Crippen LogP contribution in [0.25, 0.3) is 11.3 Å². The molecule has 0 saturated carbocycles. The molecular formula is C18H21N5O3. The lowest BCUT2D eigenvalue weighted by Gasteiger charge is -2.33. The average Bonchev–Trinajstić information content (AvgIpc) is 3.14. The van der Waals surface area contributed by atoms with Crippen molar-refractivity contribution in [3.8, 4) is 11.3 Å². The first-order valence-corrected chi connectivity index (χ1v) is 8.18. The number of nitrogens with two attached hydrogens (primary N) is 1. The van der Waals surface area contributed by atoms with E-state index < -0.39 is 11.7 Å². The van der Waals surface area contributed by atoms with Crippen LogP contribution >= 0.6 is 0 Å². The van der Waals surface area contributed by atoms with Crippen molar-refractivity contribution in [2.24, 2.45) is 5.73 Å². The van der Waals surface area contributed by atoms with Crippen LogP contribution in [0.3, 0.4) is 0 Å². The van der Waals surface area contributed by atoms with Crippen LogP contribution in [0.15, 0.2) is 36.7 Å². The molecular weight excluding hydrogens is 334 g/mol. The Morgan fingerprint density at radius 2 is 2.27 bits per heavy atom. The molecule has 0 bridgehead atoms. The van der Waals surface area contributed by atoms with Crippen molar-refractivity contribution in [1.82, 2.24) is 20.1 Å². The highest BCUT2D eigenvalue weighted by molar-refractivity contribution is 5.98. The highest BCUT2D eigenvalue weighted by Crippen LogP contribution is 2.29. The summed E-state index contributed by atoms with van der Waals surface area (Å²) in [5.41, 5.74) is 7.92. The van der Waals surface area contributed by atoms with Gasteiger partial charge in [-0.1, -0.05) is 12.2 Å². The molecule has 136 valence electrons. The van der Waals surface area contributed by atoms with E-state index in [1.807, 2.05) is 6.92 Å². The van der Waals surface area contributed by atoms with Gasteiger partial charge in [-0.2, -0.15) is 5.10 Å². The van der Waals surface area contributed by atoms with Gasteiger partial charge < -0.3 is 15.4 Å². The molecule has 3 N–H and O–H groups in total. The van der Waals surface area contributed by atoms with Gasteiger partial charge in [-0.05, 0) is 26.0 Å². The van der Waals surface area contributed by atoms with Crippen LogP contribution in [0.2, 0.25) is 0 Å². The topological polar surface area (TPSA) is 114 Å². The van der Waals surface area contributed by atoms with Crippen LogP contribution in [-0.4, -0.2) is 44.2 Å². The SMILES string of the molecule is C=C(C)C[C@](C)(CN1Cc2nc(-c3cn[nH]c3)ccc2C1=O)OC(N)=O. The van der Waals surface area contributed by atoms with Crippen molar-refractivity contribution in [1.29, 1.82) is 0 Å². The van der Waals surface area contributed by atoms with Gasteiger partial charge in [0, 0.05) is 18.2 Å². The minimum Gasteiger partial charge on any atom is -0.441 e. The highest BCUT2D eigenvalue weighted by atomic mass is 16.6. The van der Waals surface area contributed by atoms with Crippen molar-refractivity contribution in [3.05, 3.63) is 47.9 Å². The van der Waals surface area contributed by atoms with E-state index in [1.165, 1.54) is 0 Å². The predicted molar refractivity (Wildman–Crippen MR) is 95.1 cm³/mol. The number of aromatic amines is 1. The maximum atomic E-state index is 12.7. The summed E-state index contributed by atoms with van der Waals surface area (Å²) in [5.74, 6) is -0.146. The summed E-state index contributed by atoms with van der Waals surface area (Å²) in [6.45, 7) is 7.99. The number of primary amides is 1. The summed E-state index contributed by atoms with van der Waals surface area (Å²) in [7, 11) is 0. The summed E-state index contributed by atoms with van der Waals surface area (Å²) in [5, 5.41) is 6.66. The molecule has 0 aromatic carbocycles. The summed E-state index contributed by atoms with van der Waals surface area (Å²) in [6, 6.07) is 3.55. The zero-order valence-corrected chi connectivity index (χ0v) is 14.8. The lowest BCUT2D eigenvalue weighted by atomic mass is 9.97. The molecule has 0 unspecified atom stereocenters. The molecule has 0 spiro atoms. The van der Waals surface area contributed by atoms with Crippen molar-refractivity contribution in [2.75, 3.05) is 6.54 Å². The Morgan fingerprint density at radius 3 is 2.88 bits per heavy atom. The molecule has 8 nitrogen and oxygen atoms in total. The number of carbonyl (C=O) groups excluding carboxylic acids is 2. The van der Waals surface area contributed by atoms with Crippen molar-refractivity contribution in [2.45, 2.75) is 32.4 Å². The van der Waals surface area contributed by atoms with Gasteiger partial charge >= 0.3 is 6.09 Å². The number of amides is 2. The smallest absolute Gasteiger partial charge is 0.405 e. The van der Waals surface area contributed by atoms with Gasteiger partial charge in [-0.25, -0.2) is 9.78 Å². The maximum Gasteiger partial charge on any atom is 0.405 e. The Hall–Kier alpha value is -3.16. The fourth-order valence-electron chi connectivity index (χ4n) is 3.33. The number of hydrogen-bond acceptors (Lipinski definition) is 5. The van der Waals surface area contributed by atoms with E-state index >= 15 is 0 Å². The zero-order chi connectivity index (χ0) is 18.9. The van der Waals surface area contributed by atoms with E-state index in [0.29, 0.717) is 24.2 Å². The number of carbonyl (C=O) groups is 2. The molecule has 0 radical (unpaired) electrons. The molecule has 0 fully saturated rings. The molecule has 3 rings (SSSR count). The molecule has 26 heavy (non-hydrogen) atoms. The van der Waals surface area contributed by atoms with Crippen LogP contribution in [0.5, 0.6) is 0 Å². The number of aromatic nitrogens is 3. The number of hydrogen-bond donors (Lipinski definition) is 2. The molecule has 2 amide bonds. The third-order valence-electron chi connectivity index (χ3n) is 4.17. The van der Waals surface area contributed by atoms with E-state index in [2.05, 4.69) is 21.8 Å². The predicted octanol–water partition coefficient (Wildman–Crippen LogP) is 2.25. The van der Waals surface area contributed by atoms with Crippen LogP contribution < -0.4 is 5.73 Å². The quantitative estimate of drug-likeness (QED) is 0.771. The van der Waals surface area contributed by atoms with Crippen molar-refractivity contribution >= 4 is 12.0 Å². The second-order valence-corrected chi connectivity index (χ2v) is 6.84. The normalized spacial score (nSPS) is 15.5. The third kappa shape index (κ3) is 3.58. The van der Waals surface area contributed by atoms with E-state index in [4.69, 9.17) is 10.5 Å². The Kier molecular flexibility index (Phi) is 4.50. The molecule has 1 atom stereocenters. The number of nitrogens with zero attached hydrogens (tertiary/aromatic N) is 3. The van der Waals surface area contributed by atoms with Crippen LogP contribution in [0.1, 0.15) is 36.3 Å². The number of rotatable bonds is 6. The molecule has 3 heterocycles. The van der Waals surface area contributed by atoms with Crippen LogP contribution in [-0.2, 0) is 11.3 Å². The number of nitrogens with one attached hydrogen (secondary N) is 1. The van der Waals surface area contributed by atoms with Gasteiger partial charge in [0.1, 0.15) is 5.60 Å². The molecule has 2 aromatic rings. The van der Waals surface area contributed by atoms with Gasteiger partial charge in [-0.15, -0.1) is 0 Å². The third-order valence-corrected chi connectivity index (χ3v) is 4.17. The van der Waals surface area contributed by atoms with Gasteiger partial charge in [0.05, 0.1) is 36.2 Å². The first-order chi connectivity index (χ1) is 12.3. The minimum atomic E-state index is -0.942. The fourth-order valence-corrected chi connectivity index (χ4v) is 3.33. The Bertz CT molecular complexity index is 844. The average molecular weight is 355 g/mol. The monoisotopic (exact) mass is 355 g/mol. The minimum absolute atomic E-state index is 0.146. The van der Waals surface area contributed by atoms with E-state index in [9.17, 15) is 9.59 Å². The standard InChI is InChI=1S/C18H21N5O3/c1-11(2)6-18(3,26-17(19)25)10-23-9-15-13(16(23)24)4-5-14(22-15)12-7-20-21-8-12/h4-5,7-8H,1,6,9-10H2,2-3H3,(H2,19,25)(H,20,21)/t18-/m1/s1. The highest BCUT2D eigenvalue weighted by Gasteiger charge is 2.37. The first kappa shape index (κ1) is 17.7. The molecule has 1 aliphatic rings. The fraction of sp³-hybridized carbons (Fsp3) is 0.333. The number of fused-ring (bicyclic) bond motifs is 1. The first-order valence-electron chi connectivity index (χ1n) is 8.18. The summed E-state index contributed by atoms with van der Waals surface area (Å²) in [4.78, 5) is 30.2. The number of H-pyrrole nitrogens is 1. The van der Waals surface area contributed by atoms with E-state index in [-0.39, 0.29) is 12.5 Å². The molecule has 0 saturated heterocycles. The second-order valence-electron chi connectivity index (χ2n) is 6.84. The molecule has 2 aromatic heterocycles. The molecule has 1 aliphatic heterocycles. The van der Waals surface area contributed by atoms with Gasteiger partial charge in [-0.3, -0.25) is 9.89 Å². The summed E-state index contributed by atoms with van der Waals surface area (Å²) < 4.78 is 5.29. The lowest BCUT2D eigenvalue weighted by Crippen LogP contribution is -2.45. The van der Waals surface area contributed by atoms with Gasteiger partial charge in [0.25, 0.3) is 5.91 Å². The summed E-state index contributed by atoms with van der Waals surface area (Å²) in [6.07, 6.45) is 2.95. The largest absolute Gasteiger partial charge is 0.441 e. The number of ether oxygens (including phenoxy) is 1. The number of pyridine rings is 1. The van der Waals surface area contributed by atoms with Crippen LogP contribution in [0.4, 0.5) is 4.79 Å². The van der Waals surface area contributed by atoms with E-state index in [0.717, 1.165) is 16.8 Å². The molecule has 0 aliphatic carbocycles. The Balaban J connectivity index is 1.82. The Labute approximate surface area is 151 Å². The zero-order valence-electron chi connectivity index (χ0n) is 14.8. The van der Waals surface area contributed by atoms with Gasteiger partial charge in [0.15, 0.2) is 0 Å². The van der Waals surface area contributed by atoms with Crippen molar-refractivity contribution in [3.63, 3.8) is 0 Å². The van der Waals surface area contributed by atoms with E-state index in [1.54, 1.807) is 36.4 Å². The van der Waals surface area contributed by atoms with Gasteiger partial charge in [0.2, 0.25) is 0 Å².